The maximum Gasteiger partial charge on any atom is 0.305 e. The van der Waals surface area contributed by atoms with Crippen LogP contribution < -0.4 is 5.32 Å². The summed E-state index contributed by atoms with van der Waals surface area (Å²) < 4.78 is 5.50. The van der Waals surface area contributed by atoms with E-state index in [1.165, 1.54) is 308 Å². The highest BCUT2D eigenvalue weighted by atomic mass is 16.5. The summed E-state index contributed by atoms with van der Waals surface area (Å²) in [5.74, 6) is -0.0259. The average Bonchev–Trinajstić information content (AvgIpc) is 3.42. The Hall–Kier alpha value is -1.66. The van der Waals surface area contributed by atoms with Gasteiger partial charge in [-0.1, -0.05) is 321 Å². The van der Waals surface area contributed by atoms with Crippen molar-refractivity contribution in [2.75, 3.05) is 13.2 Å². The molecule has 0 aromatic heterocycles. The van der Waals surface area contributed by atoms with Crippen molar-refractivity contribution >= 4 is 11.9 Å². The first-order valence-electron chi connectivity index (χ1n) is 34.6. The number of hydrogen-bond donors (Lipinski definition) is 3. The fraction of sp³-hybridized carbons (Fsp3) is 0.914. The molecule has 0 aliphatic carbocycles. The zero-order valence-electron chi connectivity index (χ0n) is 51.5. The van der Waals surface area contributed by atoms with Gasteiger partial charge in [-0.15, -0.1) is 0 Å². The number of carbonyl (C=O) groups excluding carboxylic acids is 2. The minimum absolute atomic E-state index is 0.0104. The molecule has 0 aromatic carbocycles. The first-order valence-corrected chi connectivity index (χ1v) is 34.6. The lowest BCUT2D eigenvalue weighted by Crippen LogP contribution is -2.45. The van der Waals surface area contributed by atoms with Crippen LogP contribution >= 0.6 is 0 Å². The van der Waals surface area contributed by atoms with Crippen molar-refractivity contribution in [2.24, 2.45) is 0 Å². The Morgan fingerprint density at radius 1 is 0.355 bits per heavy atom. The number of rotatable bonds is 65. The summed E-state index contributed by atoms with van der Waals surface area (Å²) >= 11 is 0. The monoisotopic (exact) mass is 1070 g/mol. The van der Waals surface area contributed by atoms with Crippen molar-refractivity contribution in [3.8, 4) is 0 Å². The molecule has 6 nitrogen and oxygen atoms in total. The van der Waals surface area contributed by atoms with E-state index in [0.29, 0.717) is 25.9 Å². The lowest BCUT2D eigenvalue weighted by molar-refractivity contribution is -0.143. The lowest BCUT2D eigenvalue weighted by Gasteiger charge is -2.22. The Balaban J connectivity index is 3.39. The quantitative estimate of drug-likeness (QED) is 0.0320. The first-order chi connectivity index (χ1) is 37.5. The van der Waals surface area contributed by atoms with Crippen molar-refractivity contribution < 1.29 is 24.5 Å². The van der Waals surface area contributed by atoms with Gasteiger partial charge in [0.25, 0.3) is 0 Å². The second-order valence-corrected chi connectivity index (χ2v) is 23.9. The van der Waals surface area contributed by atoms with Crippen LogP contribution in [0, 0.1) is 0 Å². The molecule has 2 unspecified atom stereocenters. The molecule has 0 aliphatic heterocycles. The van der Waals surface area contributed by atoms with E-state index in [1.807, 2.05) is 0 Å². The third kappa shape index (κ3) is 61.6. The van der Waals surface area contributed by atoms with Crippen LogP contribution in [0.2, 0.25) is 0 Å². The number of esters is 1. The number of carbonyl (C=O) groups is 2. The third-order valence-corrected chi connectivity index (χ3v) is 16.2. The standard InChI is InChI=1S/C70H135NO5/c1-3-5-7-9-11-13-15-17-19-21-32-36-40-44-48-52-56-60-64-70(75)76-65-61-57-53-49-45-41-37-33-29-27-25-23-22-24-26-28-31-35-39-43-47-51-55-59-63-69(74)71-67(66-72)68(73)62-58-54-50-46-42-38-34-30-20-18-16-14-12-10-8-6-4-2/h19,21,24,26,67-68,72-73H,3-18,20,22-23,25,27-66H2,1-2H3,(H,71,74)/b21-19-,26-24-. The Kier molecular flexibility index (Phi) is 64.4. The summed E-state index contributed by atoms with van der Waals surface area (Å²) in [4.78, 5) is 24.6. The number of aliphatic hydroxyl groups excluding tert-OH is 2. The summed E-state index contributed by atoms with van der Waals surface area (Å²) in [6.07, 6.45) is 82.1. The van der Waals surface area contributed by atoms with Gasteiger partial charge in [0.15, 0.2) is 0 Å². The highest BCUT2D eigenvalue weighted by Gasteiger charge is 2.20. The van der Waals surface area contributed by atoms with E-state index in [2.05, 4.69) is 43.5 Å². The second kappa shape index (κ2) is 65.9. The van der Waals surface area contributed by atoms with Crippen molar-refractivity contribution in [2.45, 2.75) is 398 Å². The van der Waals surface area contributed by atoms with Gasteiger partial charge < -0.3 is 20.3 Å². The van der Waals surface area contributed by atoms with Gasteiger partial charge in [0, 0.05) is 12.8 Å². The molecular weight excluding hydrogens is 935 g/mol. The summed E-state index contributed by atoms with van der Waals surface area (Å²) in [6.45, 7) is 4.98. The van der Waals surface area contributed by atoms with Gasteiger partial charge in [0.1, 0.15) is 0 Å². The van der Waals surface area contributed by atoms with Crippen LogP contribution in [0.25, 0.3) is 0 Å². The number of hydrogen-bond acceptors (Lipinski definition) is 5. The normalized spacial score (nSPS) is 12.6. The van der Waals surface area contributed by atoms with E-state index in [1.54, 1.807) is 0 Å². The second-order valence-electron chi connectivity index (χ2n) is 23.9. The maximum atomic E-state index is 12.5. The van der Waals surface area contributed by atoms with E-state index in [9.17, 15) is 19.8 Å². The van der Waals surface area contributed by atoms with Crippen LogP contribution in [0.4, 0.5) is 0 Å². The SMILES string of the molecule is CCCCCCCCC/C=C\CCCCCCCCCC(=O)OCCCCCCCCCCCCCC/C=C\CCCCCCCCCCC(=O)NC(CO)C(O)CCCCCCCCCCCCCCCCCCC. The largest absolute Gasteiger partial charge is 0.466 e. The molecule has 0 spiro atoms. The zero-order valence-corrected chi connectivity index (χ0v) is 51.5. The van der Waals surface area contributed by atoms with Crippen molar-refractivity contribution in [1.82, 2.24) is 5.32 Å². The summed E-state index contributed by atoms with van der Waals surface area (Å²) in [7, 11) is 0. The van der Waals surface area contributed by atoms with Crippen LogP contribution in [0.5, 0.6) is 0 Å². The van der Waals surface area contributed by atoms with E-state index >= 15 is 0 Å². The predicted octanol–water partition coefficient (Wildman–Crippen LogP) is 22.1. The summed E-state index contributed by atoms with van der Waals surface area (Å²) in [5, 5.41) is 23.4. The smallest absolute Gasteiger partial charge is 0.305 e. The maximum absolute atomic E-state index is 12.5. The molecular formula is C70H135NO5. The topological polar surface area (TPSA) is 95.9 Å². The van der Waals surface area contributed by atoms with Crippen LogP contribution in [0.3, 0.4) is 0 Å². The van der Waals surface area contributed by atoms with E-state index in [-0.39, 0.29) is 18.5 Å². The number of unbranched alkanes of at least 4 members (excludes halogenated alkanes) is 50. The molecule has 76 heavy (non-hydrogen) atoms. The molecule has 450 valence electrons. The minimum Gasteiger partial charge on any atom is -0.466 e. The summed E-state index contributed by atoms with van der Waals surface area (Å²) in [6, 6.07) is -0.545. The summed E-state index contributed by atoms with van der Waals surface area (Å²) in [5.41, 5.74) is 0. The lowest BCUT2D eigenvalue weighted by atomic mass is 10.0. The Morgan fingerprint density at radius 3 is 0.934 bits per heavy atom. The van der Waals surface area contributed by atoms with Gasteiger partial charge in [-0.05, 0) is 77.0 Å². The van der Waals surface area contributed by atoms with Gasteiger partial charge in [-0.2, -0.15) is 0 Å². The van der Waals surface area contributed by atoms with Crippen molar-refractivity contribution in [3.63, 3.8) is 0 Å². The molecule has 0 radical (unpaired) electrons. The Morgan fingerprint density at radius 2 is 0.618 bits per heavy atom. The van der Waals surface area contributed by atoms with Gasteiger partial charge in [0.05, 0.1) is 25.4 Å². The van der Waals surface area contributed by atoms with Crippen LogP contribution in [0.15, 0.2) is 24.3 Å². The fourth-order valence-corrected chi connectivity index (χ4v) is 10.9. The van der Waals surface area contributed by atoms with Crippen LogP contribution in [0.1, 0.15) is 386 Å². The number of amides is 1. The fourth-order valence-electron chi connectivity index (χ4n) is 10.9. The van der Waals surface area contributed by atoms with Gasteiger partial charge in [-0.3, -0.25) is 9.59 Å². The van der Waals surface area contributed by atoms with Gasteiger partial charge >= 0.3 is 5.97 Å². The molecule has 6 heteroatoms. The number of aliphatic hydroxyl groups is 2. The molecule has 1 amide bonds. The number of nitrogens with one attached hydrogen (secondary N) is 1. The average molecular weight is 1070 g/mol. The molecule has 0 saturated heterocycles. The molecule has 3 N–H and O–H groups in total. The highest BCUT2D eigenvalue weighted by molar-refractivity contribution is 5.76. The molecule has 0 heterocycles. The van der Waals surface area contributed by atoms with E-state index < -0.39 is 12.1 Å². The van der Waals surface area contributed by atoms with E-state index in [0.717, 1.165) is 44.9 Å². The Labute approximate surface area is 475 Å². The van der Waals surface area contributed by atoms with Gasteiger partial charge in [0.2, 0.25) is 5.91 Å². The highest BCUT2D eigenvalue weighted by Crippen LogP contribution is 2.18. The number of allylic oxidation sites excluding steroid dienone is 4. The van der Waals surface area contributed by atoms with Crippen LogP contribution in [-0.2, 0) is 14.3 Å². The van der Waals surface area contributed by atoms with Gasteiger partial charge in [-0.25, -0.2) is 0 Å². The molecule has 0 aliphatic rings. The van der Waals surface area contributed by atoms with Crippen molar-refractivity contribution in [1.29, 1.82) is 0 Å². The number of ether oxygens (including phenoxy) is 1. The molecule has 0 fully saturated rings. The predicted molar refractivity (Wildman–Crippen MR) is 333 cm³/mol. The molecule has 0 rings (SSSR count). The van der Waals surface area contributed by atoms with Crippen molar-refractivity contribution in [3.05, 3.63) is 24.3 Å². The van der Waals surface area contributed by atoms with Crippen LogP contribution in [-0.4, -0.2) is 47.4 Å². The third-order valence-electron chi connectivity index (χ3n) is 16.2. The Bertz CT molecular complexity index is 1190. The molecule has 2 atom stereocenters. The molecule has 0 saturated carbocycles. The first kappa shape index (κ1) is 74.3. The molecule has 0 aromatic rings. The molecule has 0 bridgehead atoms. The minimum atomic E-state index is -0.667. The van der Waals surface area contributed by atoms with E-state index in [4.69, 9.17) is 4.74 Å². The zero-order chi connectivity index (χ0) is 55.0.